The monoisotopic (exact) mass is 569 g/mol. The van der Waals surface area contributed by atoms with Gasteiger partial charge in [0.25, 0.3) is 0 Å². The van der Waals surface area contributed by atoms with Crippen molar-refractivity contribution < 1.29 is 4.39 Å². The van der Waals surface area contributed by atoms with Crippen LogP contribution in [-0.4, -0.2) is 21.6 Å². The number of anilines is 2. The quantitative estimate of drug-likeness (QED) is 0.250. The van der Waals surface area contributed by atoms with Gasteiger partial charge in [-0.3, -0.25) is 9.99 Å². The highest BCUT2D eigenvalue weighted by molar-refractivity contribution is 6.35. The molecule has 6 aliphatic rings. The molecule has 1 aliphatic heterocycles. The fraction of sp³-hybridized carbons (Fsp3) is 0.438. The number of fused-ring (bicyclic) bond motifs is 1. The normalized spacial score (nSPS) is 28.8. The SMILES string of the molecule is N#Cc1cnc2c(Cl)cc(NC(C3=CN(C4CC4)NN3)c3ccc(F)cc3)cc2c1NC12CC3CC(CC(C3)C1)C2. The van der Waals surface area contributed by atoms with E-state index in [-0.39, 0.29) is 17.4 Å². The highest BCUT2D eigenvalue weighted by Crippen LogP contribution is 2.57. The number of hydrogen-bond donors (Lipinski definition) is 4. The summed E-state index contributed by atoms with van der Waals surface area (Å²) in [5.74, 6) is 2.06. The molecule has 2 heterocycles. The summed E-state index contributed by atoms with van der Waals surface area (Å²) < 4.78 is 13.9. The minimum Gasteiger partial charge on any atom is -0.378 e. The van der Waals surface area contributed by atoms with Gasteiger partial charge in [-0.15, -0.1) is 5.53 Å². The lowest BCUT2D eigenvalue weighted by molar-refractivity contribution is 0.0107. The molecule has 1 aromatic heterocycles. The Hall–Kier alpha value is -3.54. The van der Waals surface area contributed by atoms with Gasteiger partial charge in [0.15, 0.2) is 0 Å². The van der Waals surface area contributed by atoms with Gasteiger partial charge >= 0.3 is 0 Å². The molecule has 0 saturated heterocycles. The molecule has 3 aromatic rings. The van der Waals surface area contributed by atoms with Crippen LogP contribution in [0.3, 0.4) is 0 Å². The number of benzene rings is 2. The van der Waals surface area contributed by atoms with E-state index >= 15 is 0 Å². The Morgan fingerprint density at radius 3 is 2.44 bits per heavy atom. The first-order chi connectivity index (χ1) is 19.9. The van der Waals surface area contributed by atoms with Crippen LogP contribution in [0, 0.1) is 34.9 Å². The Labute approximate surface area is 244 Å². The lowest BCUT2D eigenvalue weighted by atomic mass is 9.53. The van der Waals surface area contributed by atoms with Crippen molar-refractivity contribution in [3.05, 3.63) is 76.5 Å². The van der Waals surface area contributed by atoms with Gasteiger partial charge in [-0.05, 0) is 98.9 Å². The van der Waals surface area contributed by atoms with Crippen molar-refractivity contribution in [2.45, 2.75) is 69.0 Å². The van der Waals surface area contributed by atoms with Crippen molar-refractivity contribution in [1.82, 2.24) is 21.0 Å². The van der Waals surface area contributed by atoms with E-state index in [1.54, 1.807) is 18.3 Å². The van der Waals surface area contributed by atoms with E-state index < -0.39 is 0 Å². The minimum absolute atomic E-state index is 0.0255. The van der Waals surface area contributed by atoms with Crippen molar-refractivity contribution in [2.24, 2.45) is 17.8 Å². The fourth-order valence-electron chi connectivity index (χ4n) is 8.29. The molecule has 0 radical (unpaired) electrons. The van der Waals surface area contributed by atoms with Crippen molar-refractivity contribution in [3.63, 3.8) is 0 Å². The van der Waals surface area contributed by atoms with E-state index in [0.29, 0.717) is 22.1 Å². The zero-order chi connectivity index (χ0) is 27.7. The Morgan fingerprint density at radius 2 is 1.78 bits per heavy atom. The molecule has 1 atom stereocenters. The number of rotatable bonds is 7. The van der Waals surface area contributed by atoms with Crippen LogP contribution in [0.25, 0.3) is 10.9 Å². The standard InChI is InChI=1S/C32H33ClFN7/c33-27-11-24(37-30(21-1-3-23(34)4-2-21)28-17-41(40-39-28)25-5-6-25)10-26-29(22(15-35)16-36-31(26)27)38-32-12-18-7-19(13-32)9-20(8-18)14-32/h1-4,10-11,16-20,25,30,37,39-40H,5-9,12-14H2,(H,36,38). The van der Waals surface area contributed by atoms with Crippen LogP contribution in [0.1, 0.15) is 68.5 Å². The molecular weight excluding hydrogens is 537 g/mol. The average Bonchev–Trinajstić information content (AvgIpc) is 3.68. The van der Waals surface area contributed by atoms with Crippen molar-refractivity contribution >= 4 is 33.9 Å². The van der Waals surface area contributed by atoms with E-state index in [1.165, 1.54) is 31.4 Å². The lowest BCUT2D eigenvalue weighted by Gasteiger charge is -2.57. The molecule has 5 saturated carbocycles. The first-order valence-corrected chi connectivity index (χ1v) is 15.2. The predicted molar refractivity (Wildman–Crippen MR) is 158 cm³/mol. The smallest absolute Gasteiger partial charge is 0.123 e. The zero-order valence-corrected chi connectivity index (χ0v) is 23.5. The zero-order valence-electron chi connectivity index (χ0n) is 22.8. The molecular formula is C32H33ClFN7. The number of aromatic nitrogens is 1. The van der Waals surface area contributed by atoms with Crippen LogP contribution in [0.15, 0.2) is 54.5 Å². The third-order valence-electron chi connectivity index (χ3n) is 9.85. The van der Waals surface area contributed by atoms with E-state index in [0.717, 1.165) is 77.9 Å². The first-order valence-electron chi connectivity index (χ1n) is 14.8. The van der Waals surface area contributed by atoms with Crippen LogP contribution in [0.5, 0.6) is 0 Å². The summed E-state index contributed by atoms with van der Waals surface area (Å²) >= 11 is 6.87. The van der Waals surface area contributed by atoms with Gasteiger partial charge in [0.05, 0.1) is 33.5 Å². The molecule has 4 N–H and O–H groups in total. The summed E-state index contributed by atoms with van der Waals surface area (Å²) in [6.45, 7) is 0. The largest absolute Gasteiger partial charge is 0.378 e. The van der Waals surface area contributed by atoms with Crippen molar-refractivity contribution in [3.8, 4) is 6.07 Å². The second kappa shape index (κ2) is 9.50. The maximum atomic E-state index is 13.9. The van der Waals surface area contributed by atoms with Gasteiger partial charge in [-0.1, -0.05) is 23.7 Å². The van der Waals surface area contributed by atoms with Crippen LogP contribution >= 0.6 is 11.6 Å². The van der Waals surface area contributed by atoms with Crippen LogP contribution in [-0.2, 0) is 0 Å². The summed E-state index contributed by atoms with van der Waals surface area (Å²) in [6.07, 6.45) is 13.6. The summed E-state index contributed by atoms with van der Waals surface area (Å²) in [5.41, 5.74) is 11.3. The van der Waals surface area contributed by atoms with Gasteiger partial charge in [0.2, 0.25) is 0 Å². The summed E-state index contributed by atoms with van der Waals surface area (Å²) in [5, 5.41) is 21.2. The topological polar surface area (TPSA) is 88.0 Å². The number of pyridine rings is 1. The highest BCUT2D eigenvalue weighted by atomic mass is 35.5. The number of halogens is 2. The van der Waals surface area contributed by atoms with Crippen LogP contribution in [0.2, 0.25) is 5.02 Å². The van der Waals surface area contributed by atoms with Gasteiger partial charge in [0.1, 0.15) is 11.9 Å². The second-order valence-electron chi connectivity index (χ2n) is 12.9. The second-order valence-corrected chi connectivity index (χ2v) is 13.3. The predicted octanol–water partition coefficient (Wildman–Crippen LogP) is 6.76. The molecule has 4 bridgehead atoms. The number of nitrogens with zero attached hydrogens (tertiary/aromatic N) is 3. The molecule has 2 aromatic carbocycles. The molecule has 9 heteroatoms. The van der Waals surface area contributed by atoms with E-state index in [9.17, 15) is 9.65 Å². The molecule has 210 valence electrons. The van der Waals surface area contributed by atoms with Crippen LogP contribution in [0.4, 0.5) is 15.8 Å². The summed E-state index contributed by atoms with van der Waals surface area (Å²) in [6, 6.07) is 13.1. The highest BCUT2D eigenvalue weighted by Gasteiger charge is 2.51. The third kappa shape index (κ3) is 4.56. The fourth-order valence-corrected chi connectivity index (χ4v) is 8.56. The third-order valence-corrected chi connectivity index (χ3v) is 10.1. The average molecular weight is 570 g/mol. The van der Waals surface area contributed by atoms with E-state index in [2.05, 4.69) is 49.9 Å². The lowest BCUT2D eigenvalue weighted by Crippen LogP contribution is -2.54. The van der Waals surface area contributed by atoms with E-state index in [1.807, 2.05) is 6.07 Å². The number of nitrogens with one attached hydrogen (secondary N) is 4. The van der Waals surface area contributed by atoms with Gasteiger partial charge in [-0.25, -0.2) is 4.39 Å². The molecule has 9 rings (SSSR count). The molecule has 0 amide bonds. The number of hydrazine groups is 2. The first kappa shape index (κ1) is 25.2. The maximum absolute atomic E-state index is 13.9. The van der Waals surface area contributed by atoms with Gasteiger partial charge in [0, 0.05) is 35.1 Å². The van der Waals surface area contributed by atoms with Gasteiger partial charge < -0.3 is 16.1 Å². The molecule has 41 heavy (non-hydrogen) atoms. The Bertz CT molecular complexity index is 1560. The molecule has 7 nitrogen and oxygen atoms in total. The number of hydrogen-bond acceptors (Lipinski definition) is 7. The molecule has 5 fully saturated rings. The Balaban J connectivity index is 1.18. The van der Waals surface area contributed by atoms with Crippen LogP contribution < -0.4 is 21.6 Å². The molecule has 1 unspecified atom stereocenters. The Morgan fingerprint density at radius 1 is 1.07 bits per heavy atom. The van der Waals surface area contributed by atoms with E-state index in [4.69, 9.17) is 11.6 Å². The number of nitriles is 1. The van der Waals surface area contributed by atoms with Crippen molar-refractivity contribution in [2.75, 3.05) is 10.6 Å². The summed E-state index contributed by atoms with van der Waals surface area (Å²) in [7, 11) is 0. The Kier molecular flexibility index (Phi) is 5.84. The minimum atomic E-state index is -0.285. The molecule has 0 spiro atoms. The summed E-state index contributed by atoms with van der Waals surface area (Å²) in [4.78, 5) is 4.60. The molecule has 5 aliphatic carbocycles. The van der Waals surface area contributed by atoms with Gasteiger partial charge in [-0.2, -0.15) is 5.26 Å². The maximum Gasteiger partial charge on any atom is 0.123 e. The van der Waals surface area contributed by atoms with Crippen molar-refractivity contribution in [1.29, 1.82) is 5.26 Å².